The summed E-state index contributed by atoms with van der Waals surface area (Å²) in [6.07, 6.45) is 3.79. The molecule has 3 rings (SSSR count). The second-order valence-electron chi connectivity index (χ2n) is 9.56. The van der Waals surface area contributed by atoms with Crippen molar-refractivity contribution in [2.75, 3.05) is 27.7 Å². The number of piperidine rings is 1. The van der Waals surface area contributed by atoms with E-state index in [9.17, 15) is 19.8 Å². The van der Waals surface area contributed by atoms with Crippen LogP contribution in [0.15, 0.2) is 41.1 Å². The highest BCUT2D eigenvalue weighted by atomic mass is 16.3. The summed E-state index contributed by atoms with van der Waals surface area (Å²) in [4.78, 5) is 27.6. The highest BCUT2D eigenvalue weighted by Crippen LogP contribution is 2.56. The van der Waals surface area contributed by atoms with Crippen LogP contribution in [-0.4, -0.2) is 71.7 Å². The molecule has 1 aliphatic heterocycles. The minimum absolute atomic E-state index is 0.121. The summed E-state index contributed by atoms with van der Waals surface area (Å²) < 4.78 is 0. The van der Waals surface area contributed by atoms with Crippen molar-refractivity contribution >= 4 is 12.3 Å². The third kappa shape index (κ3) is 3.84. The third-order valence-electron chi connectivity index (χ3n) is 7.50. The lowest BCUT2D eigenvalue weighted by molar-refractivity contribution is -0.132. The van der Waals surface area contributed by atoms with Gasteiger partial charge in [-0.15, -0.1) is 0 Å². The molecular formula is C25H35N3O4. The minimum Gasteiger partial charge on any atom is -0.508 e. The topological polar surface area (TPSA) is 93.1 Å². The zero-order chi connectivity index (χ0) is 23.8. The smallest absolute Gasteiger partial charge is 0.248 e. The highest BCUT2D eigenvalue weighted by molar-refractivity contribution is 5.93. The van der Waals surface area contributed by atoms with Crippen LogP contribution in [0.4, 0.5) is 0 Å². The van der Waals surface area contributed by atoms with Crippen LogP contribution in [0.3, 0.4) is 0 Å². The maximum atomic E-state index is 12.5. The fraction of sp³-hybridized carbons (Fsp3) is 0.520. The number of likely N-dealkylation sites (N-methyl/N-ethyl adjacent to an activating group) is 2. The lowest BCUT2D eigenvalue weighted by Gasteiger charge is -2.60. The Morgan fingerprint density at radius 3 is 2.62 bits per heavy atom. The quantitative estimate of drug-likeness (QED) is 0.481. The lowest BCUT2D eigenvalue weighted by atomic mass is 9.53. The van der Waals surface area contributed by atoms with E-state index < -0.39 is 11.0 Å². The fourth-order valence-corrected chi connectivity index (χ4v) is 5.53. The summed E-state index contributed by atoms with van der Waals surface area (Å²) in [6, 6.07) is 5.09. The van der Waals surface area contributed by atoms with Gasteiger partial charge in [0.2, 0.25) is 12.3 Å². The van der Waals surface area contributed by atoms with Gasteiger partial charge >= 0.3 is 0 Å². The number of nitrogens with zero attached hydrogens (tertiary/aromatic N) is 2. The van der Waals surface area contributed by atoms with Gasteiger partial charge in [0.1, 0.15) is 5.75 Å². The Balaban J connectivity index is 2.25. The van der Waals surface area contributed by atoms with E-state index in [0.717, 1.165) is 23.2 Å². The van der Waals surface area contributed by atoms with Crippen molar-refractivity contribution in [3.05, 3.63) is 52.2 Å². The number of aromatic hydroxyl groups is 1. The Bertz CT molecular complexity index is 983. The molecule has 7 heteroatoms. The number of phenols is 1. The van der Waals surface area contributed by atoms with Gasteiger partial charge in [-0.25, -0.2) is 0 Å². The molecule has 1 heterocycles. The Labute approximate surface area is 190 Å². The number of amides is 2. The maximum Gasteiger partial charge on any atom is 0.248 e. The molecule has 174 valence electrons. The maximum absolute atomic E-state index is 12.5. The number of hydrogen-bond acceptors (Lipinski definition) is 5. The molecular weight excluding hydrogens is 406 g/mol. The Morgan fingerprint density at radius 1 is 1.31 bits per heavy atom. The molecule has 1 aromatic rings. The van der Waals surface area contributed by atoms with Crippen LogP contribution in [0.25, 0.3) is 0 Å². The molecule has 1 fully saturated rings. The van der Waals surface area contributed by atoms with Gasteiger partial charge in [-0.2, -0.15) is 0 Å². The number of rotatable bonds is 5. The second-order valence-corrected chi connectivity index (χ2v) is 9.56. The molecule has 1 saturated heterocycles. The van der Waals surface area contributed by atoms with Gasteiger partial charge in [0.15, 0.2) is 0 Å². The number of allylic oxidation sites excluding steroid dienone is 2. The standard InChI is InChI=1S/C25H35N3O4/c1-16-7-8-20(30)12-21(16)24-9-10-28(6)18(3)25(24,32)13-19(22(14-24)26-15-29)11-17(2)23(31)27(4)5/h7-8,11-12,15,18,30,32H,9-10,13-14H2,1-6H3,(H,26,29)/b17-11+. The van der Waals surface area contributed by atoms with Crippen molar-refractivity contribution < 1.29 is 19.8 Å². The van der Waals surface area contributed by atoms with Crippen molar-refractivity contribution in [3.63, 3.8) is 0 Å². The number of carbonyl (C=O) groups excluding carboxylic acids is 2. The lowest BCUT2D eigenvalue weighted by Crippen LogP contribution is -2.68. The summed E-state index contributed by atoms with van der Waals surface area (Å²) >= 11 is 0. The average molecular weight is 442 g/mol. The predicted octanol–water partition coefficient (Wildman–Crippen LogP) is 2.22. The van der Waals surface area contributed by atoms with Crippen LogP contribution < -0.4 is 5.32 Å². The van der Waals surface area contributed by atoms with Crippen LogP contribution >= 0.6 is 0 Å². The molecule has 3 N–H and O–H groups in total. The van der Waals surface area contributed by atoms with Crippen molar-refractivity contribution in [1.29, 1.82) is 0 Å². The molecule has 3 unspecified atom stereocenters. The Morgan fingerprint density at radius 2 is 2.00 bits per heavy atom. The first-order valence-electron chi connectivity index (χ1n) is 11.0. The van der Waals surface area contributed by atoms with Gasteiger partial charge in [0, 0.05) is 49.7 Å². The summed E-state index contributed by atoms with van der Waals surface area (Å²) in [6.45, 7) is 6.52. The first-order chi connectivity index (χ1) is 15.0. The fourth-order valence-electron chi connectivity index (χ4n) is 5.53. The average Bonchev–Trinajstić information content (AvgIpc) is 2.74. The molecule has 2 aliphatic rings. The first kappa shape index (κ1) is 24.0. The molecule has 7 nitrogen and oxygen atoms in total. The number of fused-ring (bicyclic) bond motifs is 1. The van der Waals surface area contributed by atoms with E-state index in [1.165, 1.54) is 4.90 Å². The van der Waals surface area contributed by atoms with Crippen molar-refractivity contribution in [2.45, 2.75) is 57.1 Å². The molecule has 1 aliphatic carbocycles. The Kier molecular flexibility index (Phi) is 6.54. The van der Waals surface area contributed by atoms with Gasteiger partial charge < -0.3 is 25.3 Å². The van der Waals surface area contributed by atoms with Gasteiger partial charge in [-0.3, -0.25) is 9.59 Å². The molecule has 2 amide bonds. The first-order valence-corrected chi connectivity index (χ1v) is 11.0. The van der Waals surface area contributed by atoms with Gasteiger partial charge in [0.25, 0.3) is 0 Å². The molecule has 32 heavy (non-hydrogen) atoms. The second kappa shape index (κ2) is 8.71. The number of aryl methyl sites for hydroxylation is 1. The van der Waals surface area contributed by atoms with Gasteiger partial charge in [-0.05, 0) is 75.7 Å². The van der Waals surface area contributed by atoms with Crippen molar-refractivity contribution in [1.82, 2.24) is 15.1 Å². The summed E-state index contributed by atoms with van der Waals surface area (Å²) in [7, 11) is 5.39. The monoisotopic (exact) mass is 441 g/mol. The normalized spacial score (nSPS) is 28.8. The molecule has 3 atom stereocenters. The van der Waals surface area contributed by atoms with Crippen LogP contribution in [0.2, 0.25) is 0 Å². The van der Waals surface area contributed by atoms with E-state index in [0.29, 0.717) is 30.5 Å². The largest absolute Gasteiger partial charge is 0.508 e. The number of nitrogens with one attached hydrogen (secondary N) is 1. The minimum atomic E-state index is -1.17. The number of carbonyl (C=O) groups is 2. The number of aliphatic hydroxyl groups is 1. The number of phenolic OH excluding ortho intramolecular Hbond substituents is 1. The van der Waals surface area contributed by atoms with Crippen LogP contribution in [0.1, 0.15) is 44.2 Å². The van der Waals surface area contributed by atoms with Crippen molar-refractivity contribution in [3.8, 4) is 5.75 Å². The third-order valence-corrected chi connectivity index (χ3v) is 7.50. The van der Waals surface area contributed by atoms with E-state index >= 15 is 0 Å². The Hall–Kier alpha value is -2.64. The summed E-state index contributed by atoms with van der Waals surface area (Å²) in [5, 5.41) is 25.5. The van der Waals surface area contributed by atoms with Crippen LogP contribution in [-0.2, 0) is 15.0 Å². The number of hydrogen-bond donors (Lipinski definition) is 3. The highest BCUT2D eigenvalue weighted by Gasteiger charge is 2.60. The van der Waals surface area contributed by atoms with Crippen molar-refractivity contribution in [2.24, 2.45) is 0 Å². The van der Waals surface area contributed by atoms with Gasteiger partial charge in [-0.1, -0.05) is 6.07 Å². The molecule has 0 aromatic heterocycles. The van der Waals surface area contributed by atoms with Crippen LogP contribution in [0, 0.1) is 6.92 Å². The molecule has 0 spiro atoms. The zero-order valence-electron chi connectivity index (χ0n) is 19.9. The van der Waals surface area contributed by atoms with E-state index in [-0.39, 0.29) is 24.1 Å². The SMILES string of the molecule is C/C(=C\C1=C(NC=O)CC2(c3cc(O)ccc3C)CCN(C)C(C)C2(O)C1)C(=O)N(C)C. The zero-order valence-corrected chi connectivity index (χ0v) is 19.9. The number of likely N-dealkylation sites (tertiary alicyclic amines) is 1. The van der Waals surface area contributed by atoms with Gasteiger partial charge in [0.05, 0.1) is 5.60 Å². The molecule has 0 bridgehead atoms. The molecule has 0 radical (unpaired) electrons. The summed E-state index contributed by atoms with van der Waals surface area (Å²) in [5.74, 6) is 0.0327. The van der Waals surface area contributed by atoms with E-state index in [2.05, 4.69) is 10.2 Å². The van der Waals surface area contributed by atoms with E-state index in [1.807, 2.05) is 27.0 Å². The molecule has 0 saturated carbocycles. The van der Waals surface area contributed by atoms with E-state index in [1.54, 1.807) is 39.2 Å². The summed E-state index contributed by atoms with van der Waals surface area (Å²) in [5.41, 5.74) is 2.02. The predicted molar refractivity (Wildman–Crippen MR) is 124 cm³/mol. The van der Waals surface area contributed by atoms with Crippen LogP contribution in [0.5, 0.6) is 5.75 Å². The number of benzene rings is 1. The van der Waals surface area contributed by atoms with E-state index in [4.69, 9.17) is 0 Å². The molecule has 1 aromatic carbocycles.